The van der Waals surface area contributed by atoms with E-state index in [1.165, 1.54) is 0 Å². The molecule has 0 aliphatic carbocycles. The Bertz CT molecular complexity index is 510. The maximum Gasteiger partial charge on any atom is 0.224 e. The third-order valence-corrected chi connectivity index (χ3v) is 4.35. The Hall–Kier alpha value is -1.47. The fraction of sp³-hybridized carbons (Fsp3) is 0.800. The summed E-state index contributed by atoms with van der Waals surface area (Å²) in [5.41, 5.74) is 0. The molecule has 1 amide bonds. The van der Waals surface area contributed by atoms with Crippen molar-refractivity contribution in [2.45, 2.75) is 45.2 Å². The number of fused-ring (bicyclic) bond motifs is 1. The van der Waals surface area contributed by atoms with Gasteiger partial charge in [0.1, 0.15) is 5.82 Å². The molecule has 1 saturated heterocycles. The Kier molecular flexibility index (Phi) is 5.04. The molecule has 22 heavy (non-hydrogen) atoms. The van der Waals surface area contributed by atoms with Crippen molar-refractivity contribution in [3.8, 4) is 0 Å². The van der Waals surface area contributed by atoms with Crippen molar-refractivity contribution in [1.82, 2.24) is 25.0 Å². The van der Waals surface area contributed by atoms with Crippen LogP contribution < -0.4 is 5.32 Å². The monoisotopic (exact) mass is 307 g/mol. The summed E-state index contributed by atoms with van der Waals surface area (Å²) in [6, 6.07) is 0.386. The van der Waals surface area contributed by atoms with Gasteiger partial charge in [-0.25, -0.2) is 9.67 Å². The summed E-state index contributed by atoms with van der Waals surface area (Å²) in [4.78, 5) is 18.5. The Morgan fingerprint density at radius 2 is 2.23 bits per heavy atom. The number of ether oxygens (including phenoxy) is 1. The predicted molar refractivity (Wildman–Crippen MR) is 81.5 cm³/mol. The molecule has 0 unspecified atom stereocenters. The lowest BCUT2D eigenvalue weighted by molar-refractivity contribution is -0.135. The van der Waals surface area contributed by atoms with Crippen LogP contribution >= 0.6 is 0 Å². The van der Waals surface area contributed by atoms with E-state index in [1.54, 1.807) is 0 Å². The summed E-state index contributed by atoms with van der Waals surface area (Å²) in [7, 11) is 0. The quantitative estimate of drug-likeness (QED) is 0.828. The fourth-order valence-corrected chi connectivity index (χ4v) is 3.03. The van der Waals surface area contributed by atoms with Crippen LogP contribution in [0.25, 0.3) is 0 Å². The van der Waals surface area contributed by atoms with Crippen LogP contribution in [0, 0.1) is 0 Å². The van der Waals surface area contributed by atoms with Crippen LogP contribution in [0.2, 0.25) is 0 Å². The van der Waals surface area contributed by atoms with Crippen molar-refractivity contribution < 1.29 is 9.53 Å². The minimum atomic E-state index is 0.223. The minimum Gasteiger partial charge on any atom is -0.378 e. The molecule has 2 aliphatic heterocycles. The topological polar surface area (TPSA) is 72.3 Å². The number of nitrogens with one attached hydrogen (secondary N) is 1. The van der Waals surface area contributed by atoms with Crippen molar-refractivity contribution in [3.63, 3.8) is 0 Å². The van der Waals surface area contributed by atoms with E-state index in [0.717, 1.165) is 57.1 Å². The van der Waals surface area contributed by atoms with E-state index < -0.39 is 0 Å². The van der Waals surface area contributed by atoms with Gasteiger partial charge in [0, 0.05) is 44.9 Å². The van der Waals surface area contributed by atoms with E-state index in [-0.39, 0.29) is 5.91 Å². The highest BCUT2D eigenvalue weighted by atomic mass is 16.5. The molecular formula is C15H25N5O2. The molecule has 3 rings (SSSR count). The molecular weight excluding hydrogens is 282 g/mol. The second kappa shape index (κ2) is 7.19. The van der Waals surface area contributed by atoms with Gasteiger partial charge in [-0.05, 0) is 6.42 Å². The standard InChI is InChI=1S/C15H25N5O2/c1-2-13-17-14-4-3-12(11-20(14)18-13)16-6-5-15(21)19-7-9-22-10-8-19/h12,16H,2-11H2,1H3/t12-/m1/s1. The maximum atomic E-state index is 12.1. The SMILES string of the molecule is CCc1nc2n(n1)C[C@H](NCCC(=O)N1CCOCC1)CC2. The van der Waals surface area contributed by atoms with Crippen LogP contribution in [-0.4, -0.2) is 64.5 Å². The summed E-state index contributed by atoms with van der Waals surface area (Å²) >= 11 is 0. The zero-order valence-corrected chi connectivity index (χ0v) is 13.3. The third-order valence-electron chi connectivity index (χ3n) is 4.35. The van der Waals surface area contributed by atoms with E-state index in [4.69, 9.17) is 4.74 Å². The number of hydrogen-bond acceptors (Lipinski definition) is 5. The number of amides is 1. The highest BCUT2D eigenvalue weighted by molar-refractivity contribution is 5.76. The Morgan fingerprint density at radius 3 is 3.00 bits per heavy atom. The lowest BCUT2D eigenvalue weighted by atomic mass is 10.1. The van der Waals surface area contributed by atoms with Crippen molar-refractivity contribution in [2.24, 2.45) is 0 Å². The van der Waals surface area contributed by atoms with Crippen LogP contribution in [-0.2, 0) is 28.9 Å². The summed E-state index contributed by atoms with van der Waals surface area (Å²) in [5, 5.41) is 8.01. The number of aromatic nitrogens is 3. The summed E-state index contributed by atoms with van der Waals surface area (Å²) in [6.07, 6.45) is 3.46. The van der Waals surface area contributed by atoms with Crippen molar-refractivity contribution in [1.29, 1.82) is 0 Å². The van der Waals surface area contributed by atoms with Gasteiger partial charge in [-0.1, -0.05) is 6.92 Å². The first-order valence-corrected chi connectivity index (χ1v) is 8.27. The van der Waals surface area contributed by atoms with Gasteiger partial charge in [0.2, 0.25) is 5.91 Å². The first-order chi connectivity index (χ1) is 10.8. The number of hydrogen-bond donors (Lipinski definition) is 1. The Morgan fingerprint density at radius 1 is 1.41 bits per heavy atom. The summed E-state index contributed by atoms with van der Waals surface area (Å²) in [5.74, 6) is 2.25. The first-order valence-electron chi connectivity index (χ1n) is 8.27. The molecule has 0 radical (unpaired) electrons. The molecule has 1 fully saturated rings. The predicted octanol–water partition coefficient (Wildman–Crippen LogP) is -0.00620. The van der Waals surface area contributed by atoms with Crippen molar-refractivity contribution >= 4 is 5.91 Å². The molecule has 122 valence electrons. The molecule has 7 heteroatoms. The van der Waals surface area contributed by atoms with Crippen LogP contribution in [0.5, 0.6) is 0 Å². The molecule has 0 aromatic carbocycles. The number of aryl methyl sites for hydroxylation is 2. The summed E-state index contributed by atoms with van der Waals surface area (Å²) < 4.78 is 7.29. The average molecular weight is 307 g/mol. The molecule has 1 atom stereocenters. The van der Waals surface area contributed by atoms with Crippen molar-refractivity contribution in [3.05, 3.63) is 11.6 Å². The molecule has 0 spiro atoms. The van der Waals surface area contributed by atoms with E-state index in [9.17, 15) is 4.79 Å². The van der Waals surface area contributed by atoms with Crippen LogP contribution in [0.15, 0.2) is 0 Å². The fourth-order valence-electron chi connectivity index (χ4n) is 3.03. The lowest BCUT2D eigenvalue weighted by Crippen LogP contribution is -2.43. The van der Waals surface area contributed by atoms with Gasteiger partial charge in [-0.3, -0.25) is 4.79 Å². The zero-order chi connectivity index (χ0) is 15.4. The molecule has 7 nitrogen and oxygen atoms in total. The Balaban J connectivity index is 1.41. The number of carbonyl (C=O) groups excluding carboxylic acids is 1. The van der Waals surface area contributed by atoms with Gasteiger partial charge in [0.15, 0.2) is 5.82 Å². The van der Waals surface area contributed by atoms with Gasteiger partial charge in [-0.2, -0.15) is 5.10 Å². The maximum absolute atomic E-state index is 12.1. The number of carbonyl (C=O) groups is 1. The molecule has 1 N–H and O–H groups in total. The van der Waals surface area contributed by atoms with Crippen LogP contribution in [0.1, 0.15) is 31.4 Å². The molecule has 3 heterocycles. The normalized spacial score (nSPS) is 21.7. The van der Waals surface area contributed by atoms with Gasteiger partial charge in [0.05, 0.1) is 19.8 Å². The Labute approximate surface area is 131 Å². The van der Waals surface area contributed by atoms with Crippen LogP contribution in [0.4, 0.5) is 0 Å². The number of morpholine rings is 1. The van der Waals surface area contributed by atoms with Gasteiger partial charge in [0.25, 0.3) is 0 Å². The third kappa shape index (κ3) is 3.64. The minimum absolute atomic E-state index is 0.223. The second-order valence-electron chi connectivity index (χ2n) is 5.91. The van der Waals surface area contributed by atoms with E-state index in [0.29, 0.717) is 25.7 Å². The van der Waals surface area contributed by atoms with Crippen molar-refractivity contribution in [2.75, 3.05) is 32.8 Å². The van der Waals surface area contributed by atoms with Gasteiger partial charge >= 0.3 is 0 Å². The average Bonchev–Trinajstić information content (AvgIpc) is 2.98. The van der Waals surface area contributed by atoms with E-state index in [2.05, 4.69) is 22.3 Å². The highest BCUT2D eigenvalue weighted by Crippen LogP contribution is 2.13. The van der Waals surface area contributed by atoms with E-state index >= 15 is 0 Å². The van der Waals surface area contributed by atoms with E-state index in [1.807, 2.05) is 9.58 Å². The number of nitrogens with zero attached hydrogens (tertiary/aromatic N) is 4. The van der Waals surface area contributed by atoms with Gasteiger partial charge < -0.3 is 15.0 Å². The first kappa shape index (κ1) is 15.4. The smallest absolute Gasteiger partial charge is 0.224 e. The highest BCUT2D eigenvalue weighted by Gasteiger charge is 2.22. The molecule has 1 aromatic heterocycles. The number of rotatable bonds is 5. The largest absolute Gasteiger partial charge is 0.378 e. The lowest BCUT2D eigenvalue weighted by Gasteiger charge is -2.28. The van der Waals surface area contributed by atoms with Crippen LogP contribution in [0.3, 0.4) is 0 Å². The molecule has 0 saturated carbocycles. The summed E-state index contributed by atoms with van der Waals surface area (Å²) in [6.45, 7) is 6.44. The zero-order valence-electron chi connectivity index (χ0n) is 13.3. The van der Waals surface area contributed by atoms with Gasteiger partial charge in [-0.15, -0.1) is 0 Å². The second-order valence-corrected chi connectivity index (χ2v) is 5.91. The molecule has 2 aliphatic rings. The molecule has 0 bridgehead atoms. The molecule has 1 aromatic rings.